The molecule has 27 heavy (non-hydrogen) atoms. The molecular weight excluding hydrogens is 364 g/mol. The summed E-state index contributed by atoms with van der Waals surface area (Å²) in [7, 11) is -2.38. The highest BCUT2D eigenvalue weighted by Gasteiger charge is 2.50. The van der Waals surface area contributed by atoms with Crippen LogP contribution in [0.15, 0.2) is 73.3 Å². The number of hydrogen-bond donors (Lipinski definition) is 0. The number of thioether (sulfide) groups is 1. The van der Waals surface area contributed by atoms with Crippen LogP contribution < -0.4 is 10.4 Å². The Balaban J connectivity index is 1.94. The molecule has 0 saturated heterocycles. The van der Waals surface area contributed by atoms with Gasteiger partial charge in [0.1, 0.15) is 0 Å². The second-order valence-corrected chi connectivity index (χ2v) is 14.1. The van der Waals surface area contributed by atoms with E-state index < -0.39 is 8.32 Å². The second-order valence-electron chi connectivity index (χ2n) is 8.47. The maximum absolute atomic E-state index is 7.08. The summed E-state index contributed by atoms with van der Waals surface area (Å²) in [6, 6.07) is 21.9. The highest BCUT2D eigenvalue weighted by Crippen LogP contribution is 2.41. The van der Waals surface area contributed by atoms with Crippen molar-refractivity contribution in [2.24, 2.45) is 5.92 Å². The zero-order valence-corrected chi connectivity index (χ0v) is 18.7. The molecule has 2 aromatic carbocycles. The quantitative estimate of drug-likeness (QED) is 0.444. The Labute approximate surface area is 170 Å². The lowest BCUT2D eigenvalue weighted by Crippen LogP contribution is -2.67. The van der Waals surface area contributed by atoms with Gasteiger partial charge >= 0.3 is 0 Å². The number of rotatable bonds is 8. The van der Waals surface area contributed by atoms with Crippen LogP contribution in [-0.4, -0.2) is 25.9 Å². The predicted octanol–water partition coefficient (Wildman–Crippen LogP) is 5.26. The first-order chi connectivity index (χ1) is 13.0. The van der Waals surface area contributed by atoms with E-state index in [1.807, 2.05) is 17.8 Å². The summed E-state index contributed by atoms with van der Waals surface area (Å²) in [6.45, 7) is 11.8. The van der Waals surface area contributed by atoms with Crippen LogP contribution in [0, 0.1) is 5.92 Å². The van der Waals surface area contributed by atoms with E-state index in [1.54, 1.807) is 0 Å². The topological polar surface area (TPSA) is 9.23 Å². The van der Waals surface area contributed by atoms with Crippen LogP contribution in [0.3, 0.4) is 0 Å². The van der Waals surface area contributed by atoms with Crippen LogP contribution in [0.5, 0.6) is 0 Å². The van der Waals surface area contributed by atoms with Crippen LogP contribution in [0.25, 0.3) is 0 Å². The van der Waals surface area contributed by atoms with Gasteiger partial charge in [-0.25, -0.2) is 0 Å². The van der Waals surface area contributed by atoms with Crippen molar-refractivity contribution in [3.8, 4) is 0 Å². The van der Waals surface area contributed by atoms with E-state index in [0.717, 1.165) is 17.6 Å². The van der Waals surface area contributed by atoms with Crippen LogP contribution in [0.4, 0.5) is 0 Å². The van der Waals surface area contributed by atoms with Crippen molar-refractivity contribution in [2.75, 3.05) is 12.4 Å². The largest absolute Gasteiger partial charge is 0.407 e. The van der Waals surface area contributed by atoms with Gasteiger partial charge in [-0.05, 0) is 34.2 Å². The molecule has 3 rings (SSSR count). The number of hydrogen-bond acceptors (Lipinski definition) is 2. The molecule has 0 radical (unpaired) electrons. The second kappa shape index (κ2) is 8.81. The highest BCUT2D eigenvalue weighted by molar-refractivity contribution is 8.00. The lowest BCUT2D eigenvalue weighted by molar-refractivity contribution is 0.179. The molecule has 3 heteroatoms. The average molecular weight is 397 g/mol. The Hall–Kier alpha value is -1.29. The summed E-state index contributed by atoms with van der Waals surface area (Å²) in [5, 5.41) is 3.53. The van der Waals surface area contributed by atoms with Crippen molar-refractivity contribution in [3.05, 3.63) is 73.3 Å². The van der Waals surface area contributed by atoms with Crippen LogP contribution >= 0.6 is 11.8 Å². The molecular formula is C24H32OSSi. The van der Waals surface area contributed by atoms with E-state index in [4.69, 9.17) is 4.43 Å². The predicted molar refractivity (Wildman–Crippen MR) is 123 cm³/mol. The molecule has 0 aliphatic heterocycles. The van der Waals surface area contributed by atoms with Crippen molar-refractivity contribution in [2.45, 2.75) is 43.9 Å². The molecule has 0 N–H and O–H groups in total. The first-order valence-corrected chi connectivity index (χ1v) is 12.9. The Morgan fingerprint density at radius 1 is 1.00 bits per heavy atom. The molecule has 0 bridgehead atoms. The maximum atomic E-state index is 7.08. The van der Waals surface area contributed by atoms with Gasteiger partial charge in [0.05, 0.1) is 0 Å². The van der Waals surface area contributed by atoms with Crippen LogP contribution in [0.2, 0.25) is 5.04 Å². The van der Waals surface area contributed by atoms with Crippen molar-refractivity contribution < 1.29 is 4.43 Å². The molecule has 1 nitrogen and oxygen atoms in total. The molecule has 2 aromatic rings. The first-order valence-electron chi connectivity index (χ1n) is 9.96. The lowest BCUT2D eigenvalue weighted by atomic mass is 9.85. The van der Waals surface area contributed by atoms with E-state index >= 15 is 0 Å². The molecule has 1 aliphatic rings. The van der Waals surface area contributed by atoms with Gasteiger partial charge < -0.3 is 4.43 Å². The fraction of sp³-hybridized carbons (Fsp3) is 0.417. The summed E-state index contributed by atoms with van der Waals surface area (Å²) >= 11 is 2.04. The fourth-order valence-electron chi connectivity index (χ4n) is 4.13. The molecule has 144 valence electrons. The smallest absolute Gasteiger partial charge is 0.261 e. The molecule has 0 unspecified atom stereocenters. The number of benzene rings is 2. The van der Waals surface area contributed by atoms with Gasteiger partial charge in [0.25, 0.3) is 8.32 Å². The Bertz CT molecular complexity index is 684. The van der Waals surface area contributed by atoms with Gasteiger partial charge in [0.2, 0.25) is 0 Å². The molecule has 0 heterocycles. The SMILES string of the molecule is C=CCS[C@H]1CC[C@@H]1CO[Si](c1ccccc1)(c1ccccc1)C(C)(C)C. The summed E-state index contributed by atoms with van der Waals surface area (Å²) in [5.74, 6) is 1.71. The van der Waals surface area contributed by atoms with E-state index in [-0.39, 0.29) is 5.04 Å². The maximum Gasteiger partial charge on any atom is 0.261 e. The van der Waals surface area contributed by atoms with E-state index in [1.165, 1.54) is 23.2 Å². The lowest BCUT2D eigenvalue weighted by Gasteiger charge is -2.45. The highest BCUT2D eigenvalue weighted by atomic mass is 32.2. The van der Waals surface area contributed by atoms with Crippen LogP contribution in [-0.2, 0) is 4.43 Å². The Kier molecular flexibility index (Phi) is 6.67. The molecule has 0 spiro atoms. The minimum absolute atomic E-state index is 0.0587. The average Bonchev–Trinajstić information content (AvgIpc) is 2.65. The van der Waals surface area contributed by atoms with Crippen molar-refractivity contribution in [1.82, 2.24) is 0 Å². The first kappa shape index (κ1) is 20.4. The van der Waals surface area contributed by atoms with E-state index in [0.29, 0.717) is 5.92 Å². The summed E-state index contributed by atoms with van der Waals surface area (Å²) < 4.78 is 7.08. The van der Waals surface area contributed by atoms with Gasteiger partial charge in [-0.3, -0.25) is 0 Å². The third-order valence-electron chi connectivity index (χ3n) is 5.71. The molecule has 2 atom stereocenters. The van der Waals surface area contributed by atoms with Crippen molar-refractivity contribution >= 4 is 30.5 Å². The molecule has 1 aliphatic carbocycles. The Morgan fingerprint density at radius 2 is 1.56 bits per heavy atom. The zero-order valence-electron chi connectivity index (χ0n) is 16.9. The third-order valence-corrected chi connectivity index (χ3v) is 12.2. The van der Waals surface area contributed by atoms with Gasteiger partial charge in [0.15, 0.2) is 0 Å². The van der Waals surface area contributed by atoms with Gasteiger partial charge in [-0.15, -0.1) is 6.58 Å². The molecule has 0 amide bonds. The minimum Gasteiger partial charge on any atom is -0.407 e. The fourth-order valence-corrected chi connectivity index (χ4v) is 9.93. The summed E-state index contributed by atoms with van der Waals surface area (Å²) in [5.41, 5.74) is 0. The molecule has 0 aromatic heterocycles. The normalized spacial score (nSPS) is 20.1. The molecule has 1 fully saturated rings. The summed E-state index contributed by atoms with van der Waals surface area (Å²) in [6.07, 6.45) is 4.61. The van der Waals surface area contributed by atoms with Gasteiger partial charge in [0, 0.05) is 17.6 Å². The van der Waals surface area contributed by atoms with E-state index in [2.05, 4.69) is 88.0 Å². The van der Waals surface area contributed by atoms with Crippen molar-refractivity contribution in [1.29, 1.82) is 0 Å². The summed E-state index contributed by atoms with van der Waals surface area (Å²) in [4.78, 5) is 0. The third kappa shape index (κ3) is 4.26. The standard InChI is InChI=1S/C24H32OSSi/c1-5-18-26-23-17-16-20(23)19-25-27(24(2,3)4,21-12-8-6-9-13-21)22-14-10-7-11-15-22/h5-15,20,23H,1,16-19H2,2-4H3/t20-,23+/m1/s1. The van der Waals surface area contributed by atoms with Gasteiger partial charge in [-0.1, -0.05) is 87.5 Å². The van der Waals surface area contributed by atoms with Gasteiger partial charge in [-0.2, -0.15) is 11.8 Å². The van der Waals surface area contributed by atoms with Crippen LogP contribution in [0.1, 0.15) is 33.6 Å². The minimum atomic E-state index is -2.38. The molecule has 1 saturated carbocycles. The zero-order chi connectivity index (χ0) is 19.3. The van der Waals surface area contributed by atoms with E-state index in [9.17, 15) is 0 Å². The van der Waals surface area contributed by atoms with Crippen molar-refractivity contribution in [3.63, 3.8) is 0 Å². The monoisotopic (exact) mass is 396 g/mol. The Morgan fingerprint density at radius 3 is 1.96 bits per heavy atom.